The lowest BCUT2D eigenvalue weighted by Gasteiger charge is -2.07. The van der Waals surface area contributed by atoms with Crippen molar-refractivity contribution in [2.45, 2.75) is 0 Å². The molecule has 7 heteroatoms. The third-order valence-electron chi connectivity index (χ3n) is 2.27. The summed E-state index contributed by atoms with van der Waals surface area (Å²) in [5.74, 6) is -2.89. The SMILES string of the molecule is O=C(Nc1cccc(F)c1C(=O)O)c1ccc(Cl)s1. The maximum atomic E-state index is 13.4. The first-order chi connectivity index (χ1) is 8.99. The van der Waals surface area contributed by atoms with Gasteiger partial charge in [0.1, 0.15) is 11.4 Å². The molecule has 1 amide bonds. The minimum atomic E-state index is -1.45. The molecule has 2 N–H and O–H groups in total. The van der Waals surface area contributed by atoms with Gasteiger partial charge >= 0.3 is 5.97 Å². The van der Waals surface area contributed by atoms with Gasteiger partial charge in [0.15, 0.2) is 0 Å². The molecule has 0 aliphatic carbocycles. The van der Waals surface area contributed by atoms with Gasteiger partial charge in [-0.25, -0.2) is 9.18 Å². The molecule has 0 saturated heterocycles. The van der Waals surface area contributed by atoms with E-state index >= 15 is 0 Å². The Bertz CT molecular complexity index is 656. The largest absolute Gasteiger partial charge is 0.478 e. The number of aromatic carboxylic acids is 1. The van der Waals surface area contributed by atoms with E-state index < -0.39 is 23.3 Å². The van der Waals surface area contributed by atoms with Crippen LogP contribution in [0.3, 0.4) is 0 Å². The zero-order chi connectivity index (χ0) is 14.0. The molecule has 0 saturated carbocycles. The Labute approximate surface area is 116 Å². The number of carbonyl (C=O) groups is 2. The van der Waals surface area contributed by atoms with Crippen molar-refractivity contribution in [1.29, 1.82) is 0 Å². The summed E-state index contributed by atoms with van der Waals surface area (Å²) in [6.07, 6.45) is 0. The third kappa shape index (κ3) is 2.91. The van der Waals surface area contributed by atoms with Gasteiger partial charge in [-0.1, -0.05) is 17.7 Å². The lowest BCUT2D eigenvalue weighted by Crippen LogP contribution is -2.14. The van der Waals surface area contributed by atoms with Crippen molar-refractivity contribution in [2.24, 2.45) is 0 Å². The minimum absolute atomic E-state index is 0.0953. The molecule has 2 aromatic rings. The van der Waals surface area contributed by atoms with E-state index in [2.05, 4.69) is 5.32 Å². The number of rotatable bonds is 3. The van der Waals surface area contributed by atoms with E-state index in [-0.39, 0.29) is 5.69 Å². The standard InChI is InChI=1S/C12H7ClFNO3S/c13-9-5-4-8(19-9)11(16)15-7-3-1-2-6(14)10(7)12(17)18/h1-5H,(H,15,16)(H,17,18). The second-order valence-corrected chi connectivity index (χ2v) is 5.24. The van der Waals surface area contributed by atoms with Crippen LogP contribution in [0.25, 0.3) is 0 Å². The maximum Gasteiger partial charge on any atom is 0.340 e. The van der Waals surface area contributed by atoms with E-state index in [1.54, 1.807) is 6.07 Å². The normalized spacial score (nSPS) is 10.2. The van der Waals surface area contributed by atoms with Gasteiger partial charge in [0.05, 0.1) is 14.9 Å². The zero-order valence-electron chi connectivity index (χ0n) is 9.31. The number of carbonyl (C=O) groups excluding carboxylic acids is 1. The molecule has 0 spiro atoms. The number of halogens is 2. The van der Waals surface area contributed by atoms with E-state index in [9.17, 15) is 14.0 Å². The van der Waals surface area contributed by atoms with E-state index in [1.807, 2.05) is 0 Å². The van der Waals surface area contributed by atoms with Crippen molar-refractivity contribution in [3.63, 3.8) is 0 Å². The highest BCUT2D eigenvalue weighted by molar-refractivity contribution is 7.18. The summed E-state index contributed by atoms with van der Waals surface area (Å²) in [7, 11) is 0. The summed E-state index contributed by atoms with van der Waals surface area (Å²) in [4.78, 5) is 23.1. The van der Waals surface area contributed by atoms with E-state index in [0.29, 0.717) is 9.21 Å². The summed E-state index contributed by atoms with van der Waals surface area (Å²) >= 11 is 6.74. The van der Waals surface area contributed by atoms with Crippen LogP contribution in [0.1, 0.15) is 20.0 Å². The average Bonchev–Trinajstić information content (AvgIpc) is 2.75. The number of nitrogens with one attached hydrogen (secondary N) is 1. The van der Waals surface area contributed by atoms with Crippen LogP contribution in [0, 0.1) is 5.82 Å². The summed E-state index contributed by atoms with van der Waals surface area (Å²) in [6, 6.07) is 6.70. The first kappa shape index (κ1) is 13.5. The van der Waals surface area contributed by atoms with Crippen molar-refractivity contribution in [3.05, 3.63) is 50.9 Å². The minimum Gasteiger partial charge on any atom is -0.478 e. The molecule has 1 aromatic heterocycles. The topological polar surface area (TPSA) is 66.4 Å². The molecule has 19 heavy (non-hydrogen) atoms. The first-order valence-corrected chi connectivity index (χ1v) is 6.27. The van der Waals surface area contributed by atoms with Crippen molar-refractivity contribution in [1.82, 2.24) is 0 Å². The second-order valence-electron chi connectivity index (χ2n) is 3.53. The van der Waals surface area contributed by atoms with Crippen LogP contribution in [0.5, 0.6) is 0 Å². The summed E-state index contributed by atoms with van der Waals surface area (Å²) in [5, 5.41) is 11.3. The fraction of sp³-hybridized carbons (Fsp3) is 0. The quantitative estimate of drug-likeness (QED) is 0.911. The zero-order valence-corrected chi connectivity index (χ0v) is 10.9. The van der Waals surface area contributed by atoms with Crippen molar-refractivity contribution in [3.8, 4) is 0 Å². The fourth-order valence-electron chi connectivity index (χ4n) is 1.47. The number of hydrogen-bond donors (Lipinski definition) is 2. The molecule has 98 valence electrons. The molecular weight excluding hydrogens is 293 g/mol. The smallest absolute Gasteiger partial charge is 0.340 e. The van der Waals surface area contributed by atoms with E-state index in [1.165, 1.54) is 18.2 Å². The van der Waals surface area contributed by atoms with Crippen LogP contribution in [-0.2, 0) is 0 Å². The van der Waals surface area contributed by atoms with Gasteiger partial charge in [-0.15, -0.1) is 11.3 Å². The van der Waals surface area contributed by atoms with Gasteiger partial charge in [0.25, 0.3) is 5.91 Å². The first-order valence-electron chi connectivity index (χ1n) is 5.07. The predicted octanol–water partition coefficient (Wildman–Crippen LogP) is 3.49. The number of amides is 1. The maximum absolute atomic E-state index is 13.4. The highest BCUT2D eigenvalue weighted by atomic mass is 35.5. The molecule has 0 radical (unpaired) electrons. The van der Waals surface area contributed by atoms with Gasteiger partial charge in [-0.2, -0.15) is 0 Å². The van der Waals surface area contributed by atoms with Crippen LogP contribution in [0.15, 0.2) is 30.3 Å². The molecule has 1 aromatic carbocycles. The van der Waals surface area contributed by atoms with E-state index in [4.69, 9.17) is 16.7 Å². The molecule has 0 fully saturated rings. The number of carboxylic acid groups (broad SMARTS) is 1. The van der Waals surface area contributed by atoms with Crippen LogP contribution in [0.2, 0.25) is 4.34 Å². The monoisotopic (exact) mass is 299 g/mol. The van der Waals surface area contributed by atoms with E-state index in [0.717, 1.165) is 17.4 Å². The number of hydrogen-bond acceptors (Lipinski definition) is 3. The predicted molar refractivity (Wildman–Crippen MR) is 70.6 cm³/mol. The lowest BCUT2D eigenvalue weighted by atomic mass is 10.1. The Kier molecular flexibility index (Phi) is 3.82. The molecule has 4 nitrogen and oxygen atoms in total. The van der Waals surface area contributed by atoms with Crippen LogP contribution in [-0.4, -0.2) is 17.0 Å². The Morgan fingerprint density at radius 1 is 1.26 bits per heavy atom. The number of benzene rings is 1. The second kappa shape index (κ2) is 5.38. The summed E-state index contributed by atoms with van der Waals surface area (Å²) < 4.78 is 13.8. The highest BCUT2D eigenvalue weighted by Gasteiger charge is 2.18. The summed E-state index contributed by atoms with van der Waals surface area (Å²) in [5.41, 5.74) is -0.666. The number of thiophene rings is 1. The van der Waals surface area contributed by atoms with Crippen molar-refractivity contribution in [2.75, 3.05) is 5.32 Å². The van der Waals surface area contributed by atoms with Crippen molar-refractivity contribution < 1.29 is 19.1 Å². The fourth-order valence-corrected chi connectivity index (χ4v) is 2.40. The molecule has 0 atom stereocenters. The Balaban J connectivity index is 2.31. The Hall–Kier alpha value is -1.92. The number of carboxylic acids is 1. The molecule has 0 bridgehead atoms. The van der Waals surface area contributed by atoms with Gasteiger partial charge in [-0.05, 0) is 24.3 Å². The van der Waals surface area contributed by atoms with Gasteiger partial charge < -0.3 is 10.4 Å². The number of anilines is 1. The molecule has 2 rings (SSSR count). The average molecular weight is 300 g/mol. The Morgan fingerprint density at radius 2 is 2.00 bits per heavy atom. The van der Waals surface area contributed by atoms with Crippen LogP contribution in [0.4, 0.5) is 10.1 Å². The molecular formula is C12H7ClFNO3S. The van der Waals surface area contributed by atoms with Gasteiger partial charge in [0, 0.05) is 0 Å². The molecule has 0 aliphatic rings. The van der Waals surface area contributed by atoms with Gasteiger partial charge in [0.2, 0.25) is 0 Å². The van der Waals surface area contributed by atoms with Crippen molar-refractivity contribution >= 4 is 40.5 Å². The Morgan fingerprint density at radius 3 is 2.58 bits per heavy atom. The van der Waals surface area contributed by atoms with Gasteiger partial charge in [-0.3, -0.25) is 4.79 Å². The molecule has 0 unspecified atom stereocenters. The molecule has 1 heterocycles. The molecule has 0 aliphatic heterocycles. The summed E-state index contributed by atoms with van der Waals surface area (Å²) in [6.45, 7) is 0. The third-order valence-corrected chi connectivity index (χ3v) is 3.50. The van der Waals surface area contributed by atoms with Crippen LogP contribution >= 0.6 is 22.9 Å². The highest BCUT2D eigenvalue weighted by Crippen LogP contribution is 2.24. The lowest BCUT2D eigenvalue weighted by molar-refractivity contribution is 0.0693. The van der Waals surface area contributed by atoms with Crippen LogP contribution < -0.4 is 5.32 Å².